The van der Waals surface area contributed by atoms with Gasteiger partial charge in [-0.05, 0) is 51.9 Å². The second kappa shape index (κ2) is 11.9. The highest BCUT2D eigenvalue weighted by atomic mass is 16.3. The molecule has 0 spiro atoms. The Labute approximate surface area is 320 Å². The molecule has 0 aliphatic rings. The van der Waals surface area contributed by atoms with E-state index in [0.29, 0.717) is 17.5 Å². The fraction of sp³-hybridized carbons (Fsp3) is 0. The maximum absolute atomic E-state index is 6.65. The Morgan fingerprint density at radius 1 is 0.339 bits per heavy atom. The Morgan fingerprint density at radius 3 is 1.68 bits per heavy atom. The quantitative estimate of drug-likeness (QED) is 0.170. The van der Waals surface area contributed by atoms with E-state index in [4.69, 9.17) is 19.4 Å². The highest BCUT2D eigenvalue weighted by Gasteiger charge is 2.23. The summed E-state index contributed by atoms with van der Waals surface area (Å²) in [7, 11) is 0. The normalized spacial score (nSPS) is 11.9. The zero-order valence-corrected chi connectivity index (χ0v) is 30.0. The number of benzene rings is 9. The standard InChI is InChI=1S/C51H30N4O/c1-3-15-31(16-4-1)49-52-50(32-17-5-2-6-18-32)54-51(53-49)40-25-13-23-35-33-19-7-8-21-36(33)46-39(45(35)40)24-14-27-42(46)55-41-26-11-9-22-38(41)47-43(55)30-29-37-34-20-10-12-28-44(34)56-48(37)47/h1-30H. The zero-order valence-electron chi connectivity index (χ0n) is 30.0. The minimum absolute atomic E-state index is 0.634. The average Bonchev–Trinajstić information content (AvgIpc) is 3.82. The van der Waals surface area contributed by atoms with Gasteiger partial charge in [-0.1, -0.05) is 152 Å². The molecule has 0 aliphatic carbocycles. The summed E-state index contributed by atoms with van der Waals surface area (Å²) in [5, 5.41) is 11.4. The van der Waals surface area contributed by atoms with E-state index in [0.717, 1.165) is 87.7 Å². The third-order valence-electron chi connectivity index (χ3n) is 11.2. The first kappa shape index (κ1) is 30.8. The third-order valence-corrected chi connectivity index (χ3v) is 11.2. The predicted octanol–water partition coefficient (Wildman–Crippen LogP) is 13.3. The Kier molecular flexibility index (Phi) is 6.56. The SMILES string of the molecule is c1ccc(-c2nc(-c3ccccc3)nc(-c3cccc4c5ccccc5c5c(-n6c7ccccc7c7c8oc9ccccc9c8ccc76)cccc5c34)n2)cc1. The molecule has 0 N–H and O–H groups in total. The summed E-state index contributed by atoms with van der Waals surface area (Å²) in [6, 6.07) is 63.7. The van der Waals surface area contributed by atoms with Crippen LogP contribution in [0.25, 0.3) is 116 Å². The first-order chi connectivity index (χ1) is 27.8. The van der Waals surface area contributed by atoms with Crippen LogP contribution in [0, 0.1) is 0 Å². The lowest BCUT2D eigenvalue weighted by molar-refractivity contribution is 0.673. The van der Waals surface area contributed by atoms with Gasteiger partial charge >= 0.3 is 0 Å². The highest BCUT2D eigenvalue weighted by molar-refractivity contribution is 6.31. The van der Waals surface area contributed by atoms with Crippen LogP contribution in [0.15, 0.2) is 186 Å². The van der Waals surface area contributed by atoms with Gasteiger partial charge in [0.15, 0.2) is 17.5 Å². The first-order valence-electron chi connectivity index (χ1n) is 18.9. The molecule has 0 atom stereocenters. The number of rotatable bonds is 4. The van der Waals surface area contributed by atoms with E-state index in [1.807, 2.05) is 42.5 Å². The van der Waals surface area contributed by atoms with E-state index in [1.165, 1.54) is 10.8 Å². The lowest BCUT2D eigenvalue weighted by Gasteiger charge is -2.18. The number of fused-ring (bicyclic) bond motifs is 13. The Hall–Kier alpha value is -7.63. The Balaban J connectivity index is 1.21. The molecule has 5 heteroatoms. The van der Waals surface area contributed by atoms with Gasteiger partial charge in [0.1, 0.15) is 11.2 Å². The van der Waals surface area contributed by atoms with Crippen molar-refractivity contribution >= 4 is 76.1 Å². The summed E-state index contributed by atoms with van der Waals surface area (Å²) >= 11 is 0. The van der Waals surface area contributed by atoms with Gasteiger partial charge in [-0.2, -0.15) is 0 Å². The van der Waals surface area contributed by atoms with Crippen molar-refractivity contribution in [1.29, 1.82) is 0 Å². The number of nitrogens with zero attached hydrogens (tertiary/aromatic N) is 4. The van der Waals surface area contributed by atoms with Crippen LogP contribution >= 0.6 is 0 Å². The van der Waals surface area contributed by atoms with Gasteiger partial charge in [-0.3, -0.25) is 0 Å². The number of hydrogen-bond acceptors (Lipinski definition) is 4. The number of aromatic nitrogens is 4. The first-order valence-corrected chi connectivity index (χ1v) is 18.9. The van der Waals surface area contributed by atoms with Crippen LogP contribution in [0.5, 0.6) is 0 Å². The van der Waals surface area contributed by atoms with Crippen molar-refractivity contribution in [3.8, 4) is 39.9 Å². The van der Waals surface area contributed by atoms with Crippen molar-refractivity contribution in [2.75, 3.05) is 0 Å². The van der Waals surface area contributed by atoms with Crippen molar-refractivity contribution in [2.24, 2.45) is 0 Å². The van der Waals surface area contributed by atoms with Gasteiger partial charge < -0.3 is 8.98 Å². The summed E-state index contributed by atoms with van der Waals surface area (Å²) in [6.45, 7) is 0. The second-order valence-corrected chi connectivity index (χ2v) is 14.3. The van der Waals surface area contributed by atoms with Crippen molar-refractivity contribution in [1.82, 2.24) is 19.5 Å². The van der Waals surface area contributed by atoms with Crippen LogP contribution in [-0.4, -0.2) is 19.5 Å². The molecule has 260 valence electrons. The molecule has 0 amide bonds. The van der Waals surface area contributed by atoms with E-state index >= 15 is 0 Å². The summed E-state index contributed by atoms with van der Waals surface area (Å²) in [6.07, 6.45) is 0. The smallest absolute Gasteiger partial charge is 0.164 e. The summed E-state index contributed by atoms with van der Waals surface area (Å²) < 4.78 is 9.08. The van der Waals surface area contributed by atoms with Crippen LogP contribution in [0.1, 0.15) is 0 Å². The van der Waals surface area contributed by atoms with Crippen LogP contribution in [-0.2, 0) is 0 Å². The van der Waals surface area contributed by atoms with Gasteiger partial charge in [0.05, 0.1) is 22.1 Å². The fourth-order valence-corrected chi connectivity index (χ4v) is 8.83. The molecule has 0 fully saturated rings. The third kappa shape index (κ3) is 4.46. The molecule has 3 heterocycles. The monoisotopic (exact) mass is 714 g/mol. The van der Waals surface area contributed by atoms with Crippen LogP contribution in [0.2, 0.25) is 0 Å². The fourth-order valence-electron chi connectivity index (χ4n) is 8.83. The highest BCUT2D eigenvalue weighted by Crippen LogP contribution is 2.45. The van der Waals surface area contributed by atoms with Crippen molar-refractivity contribution in [2.45, 2.75) is 0 Å². The van der Waals surface area contributed by atoms with Gasteiger partial charge in [0.25, 0.3) is 0 Å². The summed E-state index contributed by atoms with van der Waals surface area (Å²) in [4.78, 5) is 15.4. The lowest BCUT2D eigenvalue weighted by Crippen LogP contribution is -2.01. The Bertz CT molecular complexity index is 3470. The van der Waals surface area contributed by atoms with Gasteiger partial charge in [-0.15, -0.1) is 0 Å². The second-order valence-electron chi connectivity index (χ2n) is 14.3. The van der Waals surface area contributed by atoms with E-state index in [9.17, 15) is 0 Å². The largest absolute Gasteiger partial charge is 0.455 e. The molecule has 12 rings (SSSR count). The molecule has 12 aromatic rings. The molecule has 0 saturated heterocycles. The predicted molar refractivity (Wildman–Crippen MR) is 230 cm³/mol. The molecule has 0 bridgehead atoms. The van der Waals surface area contributed by atoms with Gasteiger partial charge in [0, 0.05) is 43.6 Å². The van der Waals surface area contributed by atoms with Crippen LogP contribution in [0.4, 0.5) is 0 Å². The van der Waals surface area contributed by atoms with E-state index < -0.39 is 0 Å². The van der Waals surface area contributed by atoms with Crippen LogP contribution < -0.4 is 0 Å². The van der Waals surface area contributed by atoms with Crippen molar-refractivity contribution in [3.63, 3.8) is 0 Å². The molecule has 3 aromatic heterocycles. The van der Waals surface area contributed by atoms with E-state index in [2.05, 4.69) is 144 Å². The molecule has 0 saturated carbocycles. The molecule has 0 radical (unpaired) electrons. The zero-order chi connectivity index (χ0) is 36.7. The molecule has 9 aromatic carbocycles. The van der Waals surface area contributed by atoms with E-state index in [-0.39, 0.29) is 0 Å². The molecular weight excluding hydrogens is 685 g/mol. The molecule has 56 heavy (non-hydrogen) atoms. The number of para-hydroxylation sites is 2. The Morgan fingerprint density at radius 2 is 0.911 bits per heavy atom. The van der Waals surface area contributed by atoms with Gasteiger partial charge in [0.2, 0.25) is 0 Å². The van der Waals surface area contributed by atoms with Gasteiger partial charge in [-0.25, -0.2) is 15.0 Å². The van der Waals surface area contributed by atoms with Crippen molar-refractivity contribution < 1.29 is 4.42 Å². The molecular formula is C51H30N4O. The molecule has 0 unspecified atom stereocenters. The number of furan rings is 1. The topological polar surface area (TPSA) is 56.7 Å². The number of hydrogen-bond donors (Lipinski definition) is 0. The summed E-state index contributed by atoms with van der Waals surface area (Å²) in [5.41, 5.74) is 7.97. The maximum Gasteiger partial charge on any atom is 0.164 e. The van der Waals surface area contributed by atoms with Crippen LogP contribution in [0.3, 0.4) is 0 Å². The minimum Gasteiger partial charge on any atom is -0.455 e. The maximum atomic E-state index is 6.65. The van der Waals surface area contributed by atoms with Crippen molar-refractivity contribution in [3.05, 3.63) is 182 Å². The molecule has 5 nitrogen and oxygen atoms in total. The molecule has 0 aliphatic heterocycles. The average molecular weight is 715 g/mol. The lowest BCUT2D eigenvalue weighted by atomic mass is 9.90. The minimum atomic E-state index is 0.634. The van der Waals surface area contributed by atoms with E-state index in [1.54, 1.807) is 0 Å². The summed E-state index contributed by atoms with van der Waals surface area (Å²) in [5.74, 6) is 1.91.